The van der Waals surface area contributed by atoms with Crippen LogP contribution in [0, 0.1) is 0 Å². The first-order valence-corrected chi connectivity index (χ1v) is 10.1. The van der Waals surface area contributed by atoms with Crippen molar-refractivity contribution in [2.75, 3.05) is 7.11 Å². The van der Waals surface area contributed by atoms with Gasteiger partial charge in [-0.3, -0.25) is 0 Å². The van der Waals surface area contributed by atoms with E-state index in [1.807, 2.05) is 24.3 Å². The van der Waals surface area contributed by atoms with E-state index in [1.54, 1.807) is 7.11 Å². The van der Waals surface area contributed by atoms with Gasteiger partial charge < -0.3 is 9.84 Å². The molecule has 1 aromatic carbocycles. The molecule has 0 spiro atoms. The topological polar surface area (TPSA) is 29.5 Å². The fourth-order valence-electron chi connectivity index (χ4n) is 3.92. The van der Waals surface area contributed by atoms with Crippen LogP contribution in [0.3, 0.4) is 0 Å². The van der Waals surface area contributed by atoms with Crippen molar-refractivity contribution < 1.29 is 9.84 Å². The predicted octanol–water partition coefficient (Wildman–Crippen LogP) is 6.36. The lowest BCUT2D eigenvalue weighted by Gasteiger charge is -2.29. The molecule has 0 heterocycles. The summed E-state index contributed by atoms with van der Waals surface area (Å²) in [6.45, 7) is 0. The Morgan fingerprint density at radius 1 is 0.667 bits per heavy atom. The van der Waals surface area contributed by atoms with Crippen LogP contribution >= 0.6 is 0 Å². The van der Waals surface area contributed by atoms with Gasteiger partial charge in [-0.15, -0.1) is 0 Å². The molecule has 0 aliphatic heterocycles. The van der Waals surface area contributed by atoms with E-state index in [2.05, 4.69) is 0 Å². The molecule has 0 unspecified atom stereocenters. The summed E-state index contributed by atoms with van der Waals surface area (Å²) in [4.78, 5) is 0. The monoisotopic (exact) mass is 332 g/mol. The molecule has 0 bridgehead atoms. The summed E-state index contributed by atoms with van der Waals surface area (Å²) < 4.78 is 5.26. The second-order valence-corrected chi connectivity index (χ2v) is 7.50. The van der Waals surface area contributed by atoms with Crippen molar-refractivity contribution in [1.29, 1.82) is 0 Å². The quantitative estimate of drug-likeness (QED) is 0.683. The van der Waals surface area contributed by atoms with Crippen LogP contribution < -0.4 is 4.74 Å². The molecule has 136 valence electrons. The second-order valence-electron chi connectivity index (χ2n) is 7.50. The molecule has 2 heteroatoms. The first kappa shape index (κ1) is 19.3. The fraction of sp³-hybridized carbons (Fsp3) is 0.727. The van der Waals surface area contributed by atoms with E-state index in [4.69, 9.17) is 4.74 Å². The molecule has 2 nitrogen and oxygen atoms in total. The summed E-state index contributed by atoms with van der Waals surface area (Å²) >= 11 is 0. The lowest BCUT2D eigenvalue weighted by atomic mass is 9.83. The highest BCUT2D eigenvalue weighted by Crippen LogP contribution is 2.34. The molecule has 0 aromatic heterocycles. The van der Waals surface area contributed by atoms with Crippen molar-refractivity contribution in [2.24, 2.45) is 0 Å². The maximum Gasteiger partial charge on any atom is 0.118 e. The molecule has 0 amide bonds. The Morgan fingerprint density at radius 3 is 1.42 bits per heavy atom. The molecule has 0 saturated heterocycles. The lowest BCUT2D eigenvalue weighted by molar-refractivity contribution is 0.0132. The minimum atomic E-state index is -0.660. The molecule has 0 radical (unpaired) electrons. The molecule has 1 aliphatic carbocycles. The molecule has 1 aliphatic rings. The van der Waals surface area contributed by atoms with Gasteiger partial charge in [0, 0.05) is 0 Å². The highest BCUT2D eigenvalue weighted by molar-refractivity contribution is 5.30. The van der Waals surface area contributed by atoms with Crippen LogP contribution in [-0.2, 0) is 5.60 Å². The van der Waals surface area contributed by atoms with E-state index in [-0.39, 0.29) is 0 Å². The Kier molecular flexibility index (Phi) is 8.66. The highest BCUT2D eigenvalue weighted by atomic mass is 16.5. The van der Waals surface area contributed by atoms with Crippen molar-refractivity contribution in [3.63, 3.8) is 0 Å². The van der Waals surface area contributed by atoms with Crippen LogP contribution in [-0.4, -0.2) is 12.2 Å². The molecular weight excluding hydrogens is 296 g/mol. The summed E-state index contributed by atoms with van der Waals surface area (Å²) in [6.07, 6.45) is 17.5. The van der Waals surface area contributed by atoms with Crippen LogP contribution in [0.15, 0.2) is 24.3 Å². The summed E-state index contributed by atoms with van der Waals surface area (Å²) in [5, 5.41) is 11.3. The average Bonchev–Trinajstić information content (AvgIpc) is 2.62. The van der Waals surface area contributed by atoms with Crippen molar-refractivity contribution in [2.45, 2.75) is 95.5 Å². The van der Waals surface area contributed by atoms with Gasteiger partial charge in [0.05, 0.1) is 12.7 Å². The Labute approximate surface area is 148 Å². The minimum Gasteiger partial charge on any atom is -0.497 e. The van der Waals surface area contributed by atoms with E-state index in [1.165, 1.54) is 64.2 Å². The Balaban J connectivity index is 1.98. The first-order valence-electron chi connectivity index (χ1n) is 10.1. The molecule has 2 rings (SSSR count). The zero-order valence-corrected chi connectivity index (χ0v) is 15.6. The number of hydrogen-bond acceptors (Lipinski definition) is 2. The van der Waals surface area contributed by atoms with Crippen LogP contribution in [0.25, 0.3) is 0 Å². The lowest BCUT2D eigenvalue weighted by Crippen LogP contribution is -2.25. The van der Waals surface area contributed by atoms with Gasteiger partial charge in [-0.25, -0.2) is 0 Å². The maximum atomic E-state index is 11.3. The zero-order chi connectivity index (χ0) is 17.1. The number of benzene rings is 1. The molecular formula is C22H36O2. The molecule has 1 N–H and O–H groups in total. The predicted molar refractivity (Wildman–Crippen MR) is 102 cm³/mol. The van der Waals surface area contributed by atoms with Gasteiger partial charge in [-0.05, 0) is 30.5 Å². The van der Waals surface area contributed by atoms with Gasteiger partial charge in [0.25, 0.3) is 0 Å². The standard InChI is InChI=1S/C22H36O2/c1-24-21-16-14-20(15-17-21)22(23)18-12-10-8-6-4-2-3-5-7-9-11-13-19-22/h14-17,23H,2-13,18-19H2,1H3. The van der Waals surface area contributed by atoms with Crippen molar-refractivity contribution in [3.8, 4) is 5.75 Å². The van der Waals surface area contributed by atoms with Gasteiger partial charge in [0.2, 0.25) is 0 Å². The van der Waals surface area contributed by atoms with Crippen LogP contribution in [0.5, 0.6) is 5.75 Å². The zero-order valence-electron chi connectivity index (χ0n) is 15.6. The van der Waals surface area contributed by atoms with Crippen LogP contribution in [0.1, 0.15) is 95.5 Å². The van der Waals surface area contributed by atoms with Crippen molar-refractivity contribution >= 4 is 0 Å². The molecule has 1 saturated carbocycles. The number of aliphatic hydroxyl groups is 1. The van der Waals surface area contributed by atoms with Crippen molar-refractivity contribution in [1.82, 2.24) is 0 Å². The normalized spacial score (nSPS) is 21.4. The molecule has 24 heavy (non-hydrogen) atoms. The summed E-state index contributed by atoms with van der Waals surface area (Å²) in [7, 11) is 1.69. The second kappa shape index (κ2) is 10.8. The summed E-state index contributed by atoms with van der Waals surface area (Å²) in [6, 6.07) is 8.05. The summed E-state index contributed by atoms with van der Waals surface area (Å²) in [5.41, 5.74) is 0.402. The fourth-order valence-corrected chi connectivity index (χ4v) is 3.92. The minimum absolute atomic E-state index is 0.660. The maximum absolute atomic E-state index is 11.3. The Hall–Kier alpha value is -1.02. The summed E-state index contributed by atoms with van der Waals surface area (Å²) in [5.74, 6) is 0.861. The number of methoxy groups -OCH3 is 1. The number of rotatable bonds is 2. The largest absolute Gasteiger partial charge is 0.497 e. The van der Waals surface area contributed by atoms with E-state index in [9.17, 15) is 5.11 Å². The average molecular weight is 333 g/mol. The SMILES string of the molecule is COc1ccc(C2(O)CCCCCCCCCCCCCC2)cc1. The van der Waals surface area contributed by atoms with Gasteiger partial charge in [0.1, 0.15) is 5.75 Å². The van der Waals surface area contributed by atoms with Crippen molar-refractivity contribution in [3.05, 3.63) is 29.8 Å². The van der Waals surface area contributed by atoms with E-state index in [0.29, 0.717) is 0 Å². The van der Waals surface area contributed by atoms with E-state index >= 15 is 0 Å². The first-order chi connectivity index (χ1) is 11.7. The highest BCUT2D eigenvalue weighted by Gasteiger charge is 2.28. The number of ether oxygens (including phenoxy) is 1. The molecule has 1 aromatic rings. The van der Waals surface area contributed by atoms with E-state index in [0.717, 1.165) is 37.0 Å². The van der Waals surface area contributed by atoms with Crippen LogP contribution in [0.2, 0.25) is 0 Å². The smallest absolute Gasteiger partial charge is 0.118 e. The number of hydrogen-bond donors (Lipinski definition) is 1. The molecule has 1 fully saturated rings. The van der Waals surface area contributed by atoms with Gasteiger partial charge >= 0.3 is 0 Å². The van der Waals surface area contributed by atoms with Gasteiger partial charge in [-0.1, -0.05) is 89.2 Å². The van der Waals surface area contributed by atoms with Gasteiger partial charge in [-0.2, -0.15) is 0 Å². The third-order valence-corrected chi connectivity index (χ3v) is 5.56. The Morgan fingerprint density at radius 2 is 1.04 bits per heavy atom. The third-order valence-electron chi connectivity index (χ3n) is 5.56. The Bertz CT molecular complexity index is 422. The molecule has 0 atom stereocenters. The third kappa shape index (κ3) is 6.47. The van der Waals surface area contributed by atoms with Crippen LogP contribution in [0.4, 0.5) is 0 Å². The van der Waals surface area contributed by atoms with Gasteiger partial charge in [0.15, 0.2) is 0 Å². The van der Waals surface area contributed by atoms with E-state index < -0.39 is 5.60 Å².